The smallest absolute Gasteiger partial charge is 0.227 e. The van der Waals surface area contributed by atoms with E-state index < -0.39 is 5.60 Å². The van der Waals surface area contributed by atoms with Crippen molar-refractivity contribution >= 4 is 11.6 Å². The highest BCUT2D eigenvalue weighted by atomic mass is 16.3. The van der Waals surface area contributed by atoms with Crippen molar-refractivity contribution in [2.75, 3.05) is 19.4 Å². The van der Waals surface area contributed by atoms with Crippen molar-refractivity contribution in [1.29, 1.82) is 0 Å². The van der Waals surface area contributed by atoms with E-state index in [4.69, 9.17) is 0 Å². The van der Waals surface area contributed by atoms with Gasteiger partial charge >= 0.3 is 0 Å². The van der Waals surface area contributed by atoms with Crippen molar-refractivity contribution in [2.45, 2.75) is 32.4 Å². The normalized spacial score (nSPS) is 13.6. The summed E-state index contributed by atoms with van der Waals surface area (Å²) in [7, 11) is 3.99. The third kappa shape index (κ3) is 4.91. The lowest BCUT2D eigenvalue weighted by Crippen LogP contribution is -2.28. The Balaban J connectivity index is 2.12. The fourth-order valence-corrected chi connectivity index (χ4v) is 2.72. The van der Waals surface area contributed by atoms with E-state index in [1.807, 2.05) is 63.5 Å². The lowest BCUT2D eigenvalue weighted by Gasteiger charge is -2.24. The van der Waals surface area contributed by atoms with Gasteiger partial charge in [-0.3, -0.25) is 4.79 Å². The Morgan fingerprint density at radius 3 is 2.46 bits per heavy atom. The second-order valence-electron chi connectivity index (χ2n) is 6.76. The minimum absolute atomic E-state index is 0.00624. The molecule has 0 saturated carbocycles. The molecule has 1 atom stereocenters. The van der Waals surface area contributed by atoms with Crippen LogP contribution in [0.4, 0.5) is 5.69 Å². The number of aliphatic hydroxyl groups is 1. The van der Waals surface area contributed by atoms with Gasteiger partial charge in [0.15, 0.2) is 0 Å². The van der Waals surface area contributed by atoms with Gasteiger partial charge in [0.05, 0.1) is 12.0 Å². The second kappa shape index (κ2) is 7.60. The van der Waals surface area contributed by atoms with Crippen LogP contribution in [0.15, 0.2) is 48.5 Å². The number of rotatable bonds is 6. The average Bonchev–Trinajstić information content (AvgIpc) is 2.50. The summed E-state index contributed by atoms with van der Waals surface area (Å²) in [5.41, 5.74) is 2.55. The molecule has 1 unspecified atom stereocenters. The van der Waals surface area contributed by atoms with Crippen LogP contribution in [0, 0.1) is 6.92 Å². The minimum atomic E-state index is -1.20. The van der Waals surface area contributed by atoms with E-state index in [0.717, 1.165) is 28.9 Å². The highest BCUT2D eigenvalue weighted by Crippen LogP contribution is 2.26. The summed E-state index contributed by atoms with van der Waals surface area (Å²) in [5, 5.41) is 13.6. The quantitative estimate of drug-likeness (QED) is 0.856. The predicted octanol–water partition coefficient (Wildman–Crippen LogP) is 3.29. The van der Waals surface area contributed by atoms with Crippen LogP contribution < -0.4 is 5.32 Å². The van der Waals surface area contributed by atoms with Crippen LogP contribution in [-0.4, -0.2) is 30.0 Å². The maximum Gasteiger partial charge on any atom is 0.227 e. The van der Waals surface area contributed by atoms with Crippen molar-refractivity contribution < 1.29 is 9.90 Å². The summed E-state index contributed by atoms with van der Waals surface area (Å²) >= 11 is 0. The van der Waals surface area contributed by atoms with Crippen molar-refractivity contribution in [3.63, 3.8) is 0 Å². The van der Waals surface area contributed by atoms with Gasteiger partial charge in [0.2, 0.25) is 5.91 Å². The number of nitrogens with zero attached hydrogens (tertiary/aromatic N) is 1. The van der Waals surface area contributed by atoms with Gasteiger partial charge in [-0.25, -0.2) is 0 Å². The molecular weight excluding hydrogens is 300 g/mol. The molecule has 0 fully saturated rings. The summed E-state index contributed by atoms with van der Waals surface area (Å²) < 4.78 is 0. The third-order valence-corrected chi connectivity index (χ3v) is 3.92. The number of hydrogen-bond donors (Lipinski definition) is 2. The topological polar surface area (TPSA) is 52.6 Å². The van der Waals surface area contributed by atoms with E-state index in [9.17, 15) is 9.90 Å². The Labute approximate surface area is 144 Å². The van der Waals surface area contributed by atoms with Gasteiger partial charge in [-0.2, -0.15) is 0 Å². The van der Waals surface area contributed by atoms with Gasteiger partial charge in [0, 0.05) is 12.2 Å². The maximum atomic E-state index is 12.4. The molecule has 128 valence electrons. The van der Waals surface area contributed by atoms with E-state index in [1.165, 1.54) is 0 Å². The SMILES string of the molecule is Cc1ccc(NC(=O)CC(C)(O)c2ccccc2)c(CN(C)C)c1. The monoisotopic (exact) mass is 326 g/mol. The van der Waals surface area contributed by atoms with E-state index in [-0.39, 0.29) is 12.3 Å². The summed E-state index contributed by atoms with van der Waals surface area (Å²) in [4.78, 5) is 14.5. The molecule has 4 nitrogen and oxygen atoms in total. The Hall–Kier alpha value is -2.17. The Morgan fingerprint density at radius 1 is 1.17 bits per heavy atom. The average molecular weight is 326 g/mol. The number of benzene rings is 2. The molecule has 0 aromatic heterocycles. The largest absolute Gasteiger partial charge is 0.385 e. The van der Waals surface area contributed by atoms with Gasteiger partial charge in [0.1, 0.15) is 0 Å². The van der Waals surface area contributed by atoms with Crippen LogP contribution in [0.3, 0.4) is 0 Å². The maximum absolute atomic E-state index is 12.4. The number of amides is 1. The molecule has 24 heavy (non-hydrogen) atoms. The van der Waals surface area contributed by atoms with Crippen LogP contribution >= 0.6 is 0 Å². The van der Waals surface area contributed by atoms with E-state index in [0.29, 0.717) is 0 Å². The number of carbonyl (C=O) groups excluding carboxylic acids is 1. The standard InChI is InChI=1S/C20H26N2O2/c1-15-10-11-18(16(12-15)14-22(3)4)21-19(23)13-20(2,24)17-8-6-5-7-9-17/h5-12,24H,13-14H2,1-4H3,(H,21,23). The molecule has 2 rings (SSSR count). The zero-order valence-corrected chi connectivity index (χ0v) is 14.8. The van der Waals surface area contributed by atoms with Gasteiger partial charge in [-0.1, -0.05) is 48.0 Å². The first kappa shape index (κ1) is 18.2. The molecule has 0 aliphatic heterocycles. The van der Waals surface area contributed by atoms with Crippen LogP contribution in [0.25, 0.3) is 0 Å². The molecule has 1 amide bonds. The molecule has 4 heteroatoms. The summed E-state index contributed by atoms with van der Waals surface area (Å²) in [5.74, 6) is -0.201. The molecule has 0 aliphatic rings. The first-order chi connectivity index (χ1) is 11.3. The molecule has 0 aliphatic carbocycles. The molecule has 0 heterocycles. The number of aryl methyl sites for hydroxylation is 1. The van der Waals surface area contributed by atoms with Gasteiger partial charge < -0.3 is 15.3 Å². The van der Waals surface area contributed by atoms with Crippen LogP contribution in [0.5, 0.6) is 0 Å². The highest BCUT2D eigenvalue weighted by Gasteiger charge is 2.26. The Kier molecular flexibility index (Phi) is 5.75. The lowest BCUT2D eigenvalue weighted by atomic mass is 9.92. The third-order valence-electron chi connectivity index (χ3n) is 3.92. The lowest BCUT2D eigenvalue weighted by molar-refractivity contribution is -0.120. The van der Waals surface area contributed by atoms with Gasteiger partial charge in [-0.15, -0.1) is 0 Å². The fraction of sp³-hybridized carbons (Fsp3) is 0.350. The summed E-state index contributed by atoms with van der Waals surface area (Å²) in [6.07, 6.45) is 0.00624. The van der Waals surface area contributed by atoms with E-state index in [2.05, 4.69) is 16.3 Å². The number of nitrogens with one attached hydrogen (secondary N) is 1. The van der Waals surface area contributed by atoms with Crippen LogP contribution in [0.1, 0.15) is 30.0 Å². The molecule has 0 spiro atoms. The summed E-state index contributed by atoms with van der Waals surface area (Å²) in [6, 6.07) is 15.2. The number of anilines is 1. The second-order valence-corrected chi connectivity index (χ2v) is 6.76. The molecule has 2 aromatic rings. The van der Waals surface area contributed by atoms with Crippen molar-refractivity contribution in [3.8, 4) is 0 Å². The first-order valence-corrected chi connectivity index (χ1v) is 8.10. The first-order valence-electron chi connectivity index (χ1n) is 8.10. The number of hydrogen-bond acceptors (Lipinski definition) is 3. The van der Waals surface area contributed by atoms with E-state index in [1.54, 1.807) is 6.92 Å². The highest BCUT2D eigenvalue weighted by molar-refractivity contribution is 5.92. The van der Waals surface area contributed by atoms with Crippen LogP contribution in [0.2, 0.25) is 0 Å². The Bertz CT molecular complexity index is 694. The molecular formula is C20H26N2O2. The van der Waals surface area contributed by atoms with E-state index >= 15 is 0 Å². The van der Waals surface area contributed by atoms with Gasteiger partial charge in [0.25, 0.3) is 0 Å². The van der Waals surface area contributed by atoms with Crippen molar-refractivity contribution in [1.82, 2.24) is 4.90 Å². The van der Waals surface area contributed by atoms with Gasteiger partial charge in [-0.05, 0) is 45.1 Å². The fourth-order valence-electron chi connectivity index (χ4n) is 2.72. The molecule has 2 aromatic carbocycles. The zero-order valence-electron chi connectivity index (χ0n) is 14.8. The molecule has 0 bridgehead atoms. The van der Waals surface area contributed by atoms with Crippen molar-refractivity contribution in [2.24, 2.45) is 0 Å². The predicted molar refractivity (Wildman–Crippen MR) is 97.8 cm³/mol. The molecule has 0 radical (unpaired) electrons. The summed E-state index contributed by atoms with van der Waals surface area (Å²) in [6.45, 7) is 4.44. The van der Waals surface area contributed by atoms with Crippen LogP contribution in [-0.2, 0) is 16.9 Å². The molecule has 0 saturated heterocycles. The molecule has 2 N–H and O–H groups in total. The Morgan fingerprint density at radius 2 is 1.83 bits per heavy atom. The van der Waals surface area contributed by atoms with Crippen molar-refractivity contribution in [3.05, 3.63) is 65.2 Å². The number of carbonyl (C=O) groups is 1. The minimum Gasteiger partial charge on any atom is -0.385 e. The zero-order chi connectivity index (χ0) is 17.7.